The quantitative estimate of drug-likeness (QED) is 0.711. The van der Waals surface area contributed by atoms with E-state index in [1.54, 1.807) is 30.5 Å². The number of benzene rings is 2. The van der Waals surface area contributed by atoms with Crippen molar-refractivity contribution in [3.8, 4) is 0 Å². The van der Waals surface area contributed by atoms with Gasteiger partial charge >= 0.3 is 0 Å². The fourth-order valence-electron chi connectivity index (χ4n) is 2.25. The van der Waals surface area contributed by atoms with Crippen LogP contribution in [0.5, 0.6) is 0 Å². The van der Waals surface area contributed by atoms with Crippen molar-refractivity contribution in [2.75, 3.05) is 10.6 Å². The van der Waals surface area contributed by atoms with Crippen LogP contribution in [0.4, 0.5) is 17.2 Å². The number of hydrogen-bond acceptors (Lipinski definition) is 4. The Hall–Kier alpha value is -2.92. The van der Waals surface area contributed by atoms with Gasteiger partial charge in [0.1, 0.15) is 11.5 Å². The number of carbonyl (C=O) groups excluding carboxylic acids is 1. The van der Waals surface area contributed by atoms with Gasteiger partial charge in [0.25, 0.3) is 5.91 Å². The van der Waals surface area contributed by atoms with E-state index in [9.17, 15) is 4.79 Å². The molecule has 5 nitrogen and oxygen atoms in total. The van der Waals surface area contributed by atoms with Gasteiger partial charge in [-0.15, -0.1) is 0 Å². The van der Waals surface area contributed by atoms with Crippen LogP contribution in [0, 0.1) is 13.8 Å². The Morgan fingerprint density at radius 1 is 1.00 bits per heavy atom. The highest BCUT2D eigenvalue weighted by Gasteiger charge is 2.09. The second-order valence-corrected chi connectivity index (χ2v) is 6.13. The fraction of sp³-hybridized carbons (Fsp3) is 0.105. The van der Waals surface area contributed by atoms with E-state index in [2.05, 4.69) is 26.7 Å². The lowest BCUT2D eigenvalue weighted by molar-refractivity contribution is 0.102. The molecular weight excluding hydrogens is 336 g/mol. The first-order valence-corrected chi connectivity index (χ1v) is 8.12. The molecule has 25 heavy (non-hydrogen) atoms. The number of hydrogen-bond donors (Lipinski definition) is 2. The molecule has 6 heteroatoms. The number of carbonyl (C=O) groups is 1. The first-order chi connectivity index (χ1) is 12.0. The fourth-order valence-corrected chi connectivity index (χ4v) is 2.37. The van der Waals surface area contributed by atoms with Crippen LogP contribution in [-0.4, -0.2) is 15.9 Å². The summed E-state index contributed by atoms with van der Waals surface area (Å²) in [6.45, 7) is 4.05. The Bertz CT molecular complexity index is 892. The predicted octanol–water partition coefficient (Wildman–Crippen LogP) is 4.74. The van der Waals surface area contributed by atoms with Crippen molar-refractivity contribution >= 4 is 34.7 Å². The molecule has 126 valence electrons. The molecule has 1 aromatic heterocycles. The number of halogens is 1. The van der Waals surface area contributed by atoms with Gasteiger partial charge in [-0.3, -0.25) is 4.79 Å². The van der Waals surface area contributed by atoms with E-state index in [0.717, 1.165) is 16.8 Å². The second-order valence-electron chi connectivity index (χ2n) is 5.69. The number of rotatable bonds is 4. The maximum Gasteiger partial charge on any atom is 0.275 e. The molecule has 0 saturated carbocycles. The third-order valence-corrected chi connectivity index (χ3v) is 3.89. The van der Waals surface area contributed by atoms with Crippen LogP contribution in [0.15, 0.2) is 54.9 Å². The van der Waals surface area contributed by atoms with Crippen molar-refractivity contribution in [3.63, 3.8) is 0 Å². The first kappa shape index (κ1) is 16.9. The standard InChI is InChI=1S/C19H17ClN4O/c1-12-3-4-13(2)16(9-12)24-18-11-21-17(10-22-18)19(25)23-15-7-5-14(20)6-8-15/h3-11H,1-2H3,(H,22,24)(H,23,25). The molecule has 0 fully saturated rings. The summed E-state index contributed by atoms with van der Waals surface area (Å²) in [4.78, 5) is 20.6. The average Bonchev–Trinajstić information content (AvgIpc) is 2.61. The van der Waals surface area contributed by atoms with E-state index in [-0.39, 0.29) is 11.6 Å². The minimum absolute atomic E-state index is 0.237. The van der Waals surface area contributed by atoms with E-state index in [0.29, 0.717) is 16.5 Å². The van der Waals surface area contributed by atoms with Crippen molar-refractivity contribution in [2.45, 2.75) is 13.8 Å². The van der Waals surface area contributed by atoms with E-state index >= 15 is 0 Å². The highest BCUT2D eigenvalue weighted by atomic mass is 35.5. The SMILES string of the molecule is Cc1ccc(C)c(Nc2cnc(C(=O)Nc3ccc(Cl)cc3)cn2)c1. The molecule has 2 aromatic carbocycles. The summed E-state index contributed by atoms with van der Waals surface area (Å²) in [7, 11) is 0. The zero-order valence-electron chi connectivity index (χ0n) is 13.9. The lowest BCUT2D eigenvalue weighted by Crippen LogP contribution is -2.14. The molecule has 1 heterocycles. The summed E-state index contributed by atoms with van der Waals surface area (Å²) < 4.78 is 0. The van der Waals surface area contributed by atoms with Crippen LogP contribution in [0.2, 0.25) is 5.02 Å². The third kappa shape index (κ3) is 4.33. The molecule has 0 atom stereocenters. The topological polar surface area (TPSA) is 66.9 Å². The smallest absolute Gasteiger partial charge is 0.275 e. The lowest BCUT2D eigenvalue weighted by Gasteiger charge is -2.10. The van der Waals surface area contributed by atoms with Gasteiger partial charge in [0.2, 0.25) is 0 Å². The molecular formula is C19H17ClN4O. The van der Waals surface area contributed by atoms with Crippen LogP contribution in [0.25, 0.3) is 0 Å². The van der Waals surface area contributed by atoms with Gasteiger partial charge in [0, 0.05) is 16.4 Å². The van der Waals surface area contributed by atoms with Gasteiger partial charge in [-0.2, -0.15) is 0 Å². The number of aryl methyl sites for hydroxylation is 2. The van der Waals surface area contributed by atoms with Crippen LogP contribution < -0.4 is 10.6 Å². The number of amides is 1. The molecule has 3 rings (SSSR count). The zero-order chi connectivity index (χ0) is 17.8. The monoisotopic (exact) mass is 352 g/mol. The molecule has 0 aliphatic carbocycles. The van der Waals surface area contributed by atoms with Crippen molar-refractivity contribution in [3.05, 3.63) is 76.7 Å². The maximum atomic E-state index is 12.2. The molecule has 1 amide bonds. The number of aromatic nitrogens is 2. The molecule has 0 aliphatic rings. The highest BCUT2D eigenvalue weighted by molar-refractivity contribution is 6.30. The first-order valence-electron chi connectivity index (χ1n) is 7.74. The van der Waals surface area contributed by atoms with E-state index < -0.39 is 0 Å². The van der Waals surface area contributed by atoms with Crippen molar-refractivity contribution in [1.82, 2.24) is 9.97 Å². The maximum absolute atomic E-state index is 12.2. The Morgan fingerprint density at radius 3 is 2.44 bits per heavy atom. The third-order valence-electron chi connectivity index (χ3n) is 3.64. The van der Waals surface area contributed by atoms with Gasteiger partial charge in [-0.05, 0) is 55.3 Å². The lowest BCUT2D eigenvalue weighted by atomic mass is 10.1. The number of anilines is 3. The molecule has 0 unspecified atom stereocenters. The van der Waals surface area contributed by atoms with Crippen molar-refractivity contribution in [1.29, 1.82) is 0 Å². The largest absolute Gasteiger partial charge is 0.339 e. The molecule has 0 saturated heterocycles. The van der Waals surface area contributed by atoms with Gasteiger partial charge in [0.15, 0.2) is 0 Å². The van der Waals surface area contributed by atoms with E-state index in [1.807, 2.05) is 26.0 Å². The summed E-state index contributed by atoms with van der Waals surface area (Å²) in [5.41, 5.74) is 4.11. The van der Waals surface area contributed by atoms with Gasteiger partial charge in [-0.1, -0.05) is 23.7 Å². The van der Waals surface area contributed by atoms with E-state index in [4.69, 9.17) is 11.6 Å². The number of nitrogens with one attached hydrogen (secondary N) is 2. The highest BCUT2D eigenvalue weighted by Crippen LogP contribution is 2.20. The summed E-state index contributed by atoms with van der Waals surface area (Å²) in [6.07, 6.45) is 2.98. The summed E-state index contributed by atoms with van der Waals surface area (Å²) in [5, 5.41) is 6.58. The van der Waals surface area contributed by atoms with Crippen molar-refractivity contribution < 1.29 is 4.79 Å². The van der Waals surface area contributed by atoms with Crippen molar-refractivity contribution in [2.24, 2.45) is 0 Å². The molecule has 0 aliphatic heterocycles. The summed E-state index contributed by atoms with van der Waals surface area (Å²) in [6, 6.07) is 13.0. The predicted molar refractivity (Wildman–Crippen MR) is 101 cm³/mol. The van der Waals surface area contributed by atoms with Crippen LogP contribution in [0.3, 0.4) is 0 Å². The Labute approximate surface area is 151 Å². The van der Waals surface area contributed by atoms with Crippen LogP contribution in [-0.2, 0) is 0 Å². The van der Waals surface area contributed by atoms with Crippen LogP contribution >= 0.6 is 11.6 Å². The molecule has 0 bridgehead atoms. The molecule has 3 aromatic rings. The van der Waals surface area contributed by atoms with E-state index in [1.165, 1.54) is 6.20 Å². The van der Waals surface area contributed by atoms with Gasteiger partial charge < -0.3 is 10.6 Å². The molecule has 2 N–H and O–H groups in total. The summed E-state index contributed by atoms with van der Waals surface area (Å²) >= 11 is 5.83. The normalized spacial score (nSPS) is 10.4. The number of nitrogens with zero attached hydrogens (tertiary/aromatic N) is 2. The Balaban J connectivity index is 1.70. The Morgan fingerprint density at radius 2 is 1.76 bits per heavy atom. The molecule has 0 spiro atoms. The Kier molecular flexibility index (Phi) is 4.95. The van der Waals surface area contributed by atoms with Gasteiger partial charge in [0.05, 0.1) is 12.4 Å². The average molecular weight is 353 g/mol. The van der Waals surface area contributed by atoms with Crippen LogP contribution in [0.1, 0.15) is 21.6 Å². The molecule has 0 radical (unpaired) electrons. The minimum Gasteiger partial charge on any atom is -0.339 e. The van der Waals surface area contributed by atoms with Gasteiger partial charge in [-0.25, -0.2) is 9.97 Å². The second kappa shape index (κ2) is 7.32. The zero-order valence-corrected chi connectivity index (χ0v) is 14.6. The minimum atomic E-state index is -0.326. The summed E-state index contributed by atoms with van der Waals surface area (Å²) in [5.74, 6) is 0.254.